The second-order valence-corrected chi connectivity index (χ2v) is 5.82. The Morgan fingerprint density at radius 2 is 1.95 bits per heavy atom. The van der Waals surface area contributed by atoms with Gasteiger partial charge in [-0.1, -0.05) is 22.0 Å². The van der Waals surface area contributed by atoms with Crippen LogP contribution in [0.15, 0.2) is 45.3 Å². The molecule has 21 heavy (non-hydrogen) atoms. The van der Waals surface area contributed by atoms with Crippen LogP contribution in [-0.4, -0.2) is 19.4 Å². The quantitative estimate of drug-likeness (QED) is 0.427. The third kappa shape index (κ3) is 3.71. The molecule has 0 aromatic heterocycles. The topological polar surface area (TPSA) is 52.6 Å². The molecule has 2 aromatic rings. The predicted molar refractivity (Wildman–Crippen MR) is 85.2 cm³/mol. The average molecular weight is 414 g/mol. The van der Waals surface area contributed by atoms with E-state index < -0.39 is 5.97 Å². The first-order valence-corrected chi connectivity index (χ1v) is 7.44. The maximum Gasteiger partial charge on any atom is 0.343 e. The van der Waals surface area contributed by atoms with Crippen LogP contribution in [0.4, 0.5) is 0 Å². The number of methoxy groups -OCH3 is 1. The minimum Gasteiger partial charge on any atom is -0.497 e. The number of benzene rings is 2. The smallest absolute Gasteiger partial charge is 0.343 e. The van der Waals surface area contributed by atoms with Gasteiger partial charge in [-0.25, -0.2) is 4.79 Å². The lowest BCUT2D eigenvalue weighted by Gasteiger charge is -2.10. The van der Waals surface area contributed by atoms with Crippen LogP contribution in [0.5, 0.6) is 11.5 Å². The van der Waals surface area contributed by atoms with Crippen LogP contribution in [-0.2, 0) is 0 Å². The molecule has 0 saturated carbocycles. The summed E-state index contributed by atoms with van der Waals surface area (Å²) in [5.74, 6) is 0.163. The summed E-state index contributed by atoms with van der Waals surface area (Å²) in [7, 11) is 1.51. The first kappa shape index (κ1) is 15.7. The molecular weight excluding hydrogens is 404 g/mol. The number of ether oxygens (including phenoxy) is 2. The number of halogens is 2. The van der Waals surface area contributed by atoms with Crippen molar-refractivity contribution in [2.75, 3.05) is 7.11 Å². The third-order valence-electron chi connectivity index (χ3n) is 2.66. The minimum absolute atomic E-state index is 0.181. The van der Waals surface area contributed by atoms with Gasteiger partial charge in [-0.2, -0.15) is 0 Å². The average Bonchev–Trinajstić information content (AvgIpc) is 2.49. The fourth-order valence-corrected chi connectivity index (χ4v) is 3.02. The van der Waals surface area contributed by atoms with Crippen LogP contribution in [0.3, 0.4) is 0 Å². The molecular formula is C15H10Br2O4. The molecule has 0 unspecified atom stereocenters. The predicted octanol–water partition coefficient (Wildman–Crippen LogP) is 4.25. The highest BCUT2D eigenvalue weighted by Gasteiger charge is 2.16. The van der Waals surface area contributed by atoms with Gasteiger partial charge in [0.2, 0.25) is 0 Å². The molecule has 0 saturated heterocycles. The Labute approximate surface area is 138 Å². The molecule has 0 bridgehead atoms. The Morgan fingerprint density at radius 1 is 1.19 bits per heavy atom. The summed E-state index contributed by atoms with van der Waals surface area (Å²) in [6.45, 7) is 0. The summed E-state index contributed by atoms with van der Waals surface area (Å²) in [5, 5.41) is 0. The van der Waals surface area contributed by atoms with Crippen LogP contribution in [0.2, 0.25) is 0 Å². The van der Waals surface area contributed by atoms with E-state index in [2.05, 4.69) is 31.9 Å². The maximum atomic E-state index is 12.2. The van der Waals surface area contributed by atoms with E-state index in [1.54, 1.807) is 36.4 Å². The Hall–Kier alpha value is -1.66. The molecule has 0 N–H and O–H groups in total. The zero-order valence-electron chi connectivity index (χ0n) is 10.9. The van der Waals surface area contributed by atoms with Crippen molar-refractivity contribution in [2.24, 2.45) is 0 Å². The lowest BCUT2D eigenvalue weighted by Crippen LogP contribution is -2.10. The van der Waals surface area contributed by atoms with Crippen LogP contribution in [0, 0.1) is 0 Å². The lowest BCUT2D eigenvalue weighted by molar-refractivity contribution is 0.0732. The number of hydrogen-bond donors (Lipinski definition) is 0. The van der Waals surface area contributed by atoms with E-state index in [4.69, 9.17) is 9.47 Å². The summed E-state index contributed by atoms with van der Waals surface area (Å²) in [5.41, 5.74) is 0.605. The van der Waals surface area contributed by atoms with Crippen molar-refractivity contribution >= 4 is 44.1 Å². The van der Waals surface area contributed by atoms with Gasteiger partial charge < -0.3 is 9.47 Å². The van der Waals surface area contributed by atoms with Crippen LogP contribution in [0.25, 0.3) is 0 Å². The van der Waals surface area contributed by atoms with Gasteiger partial charge in [0.1, 0.15) is 5.75 Å². The third-order valence-corrected chi connectivity index (χ3v) is 3.71. The fourth-order valence-electron chi connectivity index (χ4n) is 1.68. The Bertz CT molecular complexity index is 698. The molecule has 2 rings (SSSR count). The van der Waals surface area contributed by atoms with Gasteiger partial charge in [0, 0.05) is 4.47 Å². The van der Waals surface area contributed by atoms with Crippen molar-refractivity contribution in [3.8, 4) is 11.5 Å². The largest absolute Gasteiger partial charge is 0.497 e. The number of carbonyl (C=O) groups is 2. The number of hydrogen-bond acceptors (Lipinski definition) is 4. The highest BCUT2D eigenvalue weighted by Crippen LogP contribution is 2.32. The van der Waals surface area contributed by atoms with E-state index in [-0.39, 0.29) is 11.3 Å². The van der Waals surface area contributed by atoms with Crippen LogP contribution >= 0.6 is 31.9 Å². The molecule has 0 amide bonds. The van der Waals surface area contributed by atoms with E-state index >= 15 is 0 Å². The highest BCUT2D eigenvalue weighted by molar-refractivity contribution is 9.11. The molecule has 0 heterocycles. The molecule has 0 aliphatic heterocycles. The van der Waals surface area contributed by atoms with Gasteiger partial charge >= 0.3 is 5.97 Å². The van der Waals surface area contributed by atoms with E-state index in [1.165, 1.54) is 7.11 Å². The van der Waals surface area contributed by atoms with Crippen molar-refractivity contribution in [1.29, 1.82) is 0 Å². The zero-order chi connectivity index (χ0) is 15.4. The molecule has 0 fully saturated rings. The second-order valence-electron chi connectivity index (χ2n) is 4.05. The summed E-state index contributed by atoms with van der Waals surface area (Å²) < 4.78 is 11.6. The molecule has 108 valence electrons. The number of aldehydes is 1. The number of rotatable bonds is 4. The maximum absolute atomic E-state index is 12.2. The SMILES string of the molecule is COc1cccc(C(=O)Oc2c(Br)cc(Br)cc2C=O)c1. The molecule has 6 heteroatoms. The molecule has 2 aromatic carbocycles. The first-order chi connectivity index (χ1) is 10.0. The minimum atomic E-state index is -0.569. The van der Waals surface area contributed by atoms with Gasteiger partial charge in [-0.15, -0.1) is 0 Å². The summed E-state index contributed by atoms with van der Waals surface area (Å²) in [6, 6.07) is 9.86. The normalized spacial score (nSPS) is 10.0. The van der Waals surface area contributed by atoms with Gasteiger partial charge in [-0.3, -0.25) is 4.79 Å². The fraction of sp³-hybridized carbons (Fsp3) is 0.0667. The molecule has 4 nitrogen and oxygen atoms in total. The van der Waals surface area contributed by atoms with E-state index in [0.29, 0.717) is 26.5 Å². The lowest BCUT2D eigenvalue weighted by atomic mass is 10.2. The Morgan fingerprint density at radius 3 is 2.62 bits per heavy atom. The highest BCUT2D eigenvalue weighted by atomic mass is 79.9. The van der Waals surface area contributed by atoms with Crippen molar-refractivity contribution in [2.45, 2.75) is 0 Å². The van der Waals surface area contributed by atoms with Crippen LogP contribution in [0.1, 0.15) is 20.7 Å². The summed E-state index contributed by atoms with van der Waals surface area (Å²) in [4.78, 5) is 23.3. The standard InChI is InChI=1S/C15H10Br2O4/c1-20-12-4-2-3-9(6-12)15(19)21-14-10(8-18)5-11(16)7-13(14)17/h2-8H,1H3. The molecule has 0 aliphatic rings. The van der Waals surface area contributed by atoms with Crippen molar-refractivity contribution in [1.82, 2.24) is 0 Å². The van der Waals surface area contributed by atoms with Gasteiger partial charge in [0.15, 0.2) is 12.0 Å². The van der Waals surface area contributed by atoms with Crippen molar-refractivity contribution < 1.29 is 19.1 Å². The molecule has 0 atom stereocenters. The second kappa shape index (κ2) is 6.87. The van der Waals surface area contributed by atoms with Gasteiger partial charge in [0.25, 0.3) is 0 Å². The molecule has 0 spiro atoms. The van der Waals surface area contributed by atoms with Gasteiger partial charge in [0.05, 0.1) is 22.7 Å². The van der Waals surface area contributed by atoms with E-state index in [0.717, 1.165) is 0 Å². The van der Waals surface area contributed by atoms with Crippen molar-refractivity contribution in [3.05, 3.63) is 56.5 Å². The van der Waals surface area contributed by atoms with Crippen molar-refractivity contribution in [3.63, 3.8) is 0 Å². The number of carbonyl (C=O) groups excluding carboxylic acids is 2. The van der Waals surface area contributed by atoms with Gasteiger partial charge in [-0.05, 0) is 46.3 Å². The monoisotopic (exact) mass is 412 g/mol. The molecule has 0 radical (unpaired) electrons. The Balaban J connectivity index is 2.33. The number of esters is 1. The Kier molecular flexibility index (Phi) is 5.14. The first-order valence-electron chi connectivity index (χ1n) is 5.85. The summed E-state index contributed by atoms with van der Waals surface area (Å²) in [6.07, 6.45) is 0.629. The summed E-state index contributed by atoms with van der Waals surface area (Å²) >= 11 is 6.55. The zero-order valence-corrected chi connectivity index (χ0v) is 14.1. The van der Waals surface area contributed by atoms with E-state index in [1.807, 2.05) is 0 Å². The molecule has 0 aliphatic carbocycles. The van der Waals surface area contributed by atoms with Crippen LogP contribution < -0.4 is 9.47 Å². The van der Waals surface area contributed by atoms with E-state index in [9.17, 15) is 9.59 Å².